The van der Waals surface area contributed by atoms with Crippen molar-refractivity contribution in [3.05, 3.63) is 64.5 Å². The van der Waals surface area contributed by atoms with Gasteiger partial charge in [-0.15, -0.1) is 0 Å². The van der Waals surface area contributed by atoms with Crippen molar-refractivity contribution in [2.24, 2.45) is 0 Å². The van der Waals surface area contributed by atoms with Crippen LogP contribution in [0, 0.1) is 5.82 Å². The summed E-state index contributed by atoms with van der Waals surface area (Å²) in [6.45, 7) is 1.68. The second kappa shape index (κ2) is 11.1. The van der Waals surface area contributed by atoms with E-state index in [9.17, 15) is 27.2 Å². The zero-order valence-electron chi connectivity index (χ0n) is 21.0. The lowest BCUT2D eigenvalue weighted by Crippen LogP contribution is -2.51. The Hall–Kier alpha value is -3.48. The first-order chi connectivity index (χ1) is 18.0. The number of amides is 1. The first-order valence-electron chi connectivity index (χ1n) is 12.0. The number of hydrogen-bond donors (Lipinski definition) is 1. The van der Waals surface area contributed by atoms with Crippen LogP contribution in [0.3, 0.4) is 0 Å². The minimum Gasteiger partial charge on any atom is -0.350 e. The Morgan fingerprint density at radius 1 is 1.26 bits per heavy atom. The fourth-order valence-electron chi connectivity index (χ4n) is 4.13. The lowest BCUT2D eigenvalue weighted by atomic mass is 10.0. The molecule has 12 heteroatoms. The molecule has 3 aromatic rings. The van der Waals surface area contributed by atoms with Gasteiger partial charge in [-0.25, -0.2) is 28.1 Å². The van der Waals surface area contributed by atoms with Crippen molar-refractivity contribution >= 4 is 32.9 Å². The molecule has 1 unspecified atom stereocenters. The van der Waals surface area contributed by atoms with Gasteiger partial charge < -0.3 is 4.74 Å². The van der Waals surface area contributed by atoms with Crippen LogP contribution in [0.25, 0.3) is 22.0 Å². The van der Waals surface area contributed by atoms with Crippen LogP contribution in [0.15, 0.2) is 47.5 Å². The second-order valence-corrected chi connectivity index (χ2v) is 11.9. The Kier molecular flexibility index (Phi) is 8.05. The highest BCUT2D eigenvalue weighted by Gasteiger charge is 2.44. The molecule has 2 atom stereocenters. The molecule has 2 heterocycles. The summed E-state index contributed by atoms with van der Waals surface area (Å²) < 4.78 is 44.0. The number of ether oxygens (including phenoxy) is 1. The molecule has 1 aromatic heterocycles. The topological polar surface area (TPSA) is 134 Å². The van der Waals surface area contributed by atoms with Gasteiger partial charge in [-0.2, -0.15) is 0 Å². The van der Waals surface area contributed by atoms with Crippen molar-refractivity contribution in [3.8, 4) is 11.1 Å². The van der Waals surface area contributed by atoms with Crippen LogP contribution in [0.5, 0.6) is 0 Å². The highest BCUT2D eigenvalue weighted by atomic mass is 32.2. The van der Waals surface area contributed by atoms with E-state index >= 15 is 0 Å². The summed E-state index contributed by atoms with van der Waals surface area (Å²) in [5.74, 6) is -1.51. The highest BCUT2D eigenvalue weighted by Crippen LogP contribution is 2.25. The number of hydroxylamine groups is 1. The SMILES string of the molecule is C[C@@](CCn1cnc2cc(-c3ccc(C=O)c(F)c3)ccc2c1=O)(C(=O)NOC1CCCCO1)S(C)(=O)=O. The first kappa shape index (κ1) is 27.6. The lowest BCUT2D eigenvalue weighted by Gasteiger charge is -2.28. The smallest absolute Gasteiger partial charge is 0.264 e. The summed E-state index contributed by atoms with van der Waals surface area (Å²) in [5, 5.41) is 0.268. The minimum absolute atomic E-state index is 0.0563. The number of carbonyl (C=O) groups excluding carboxylic acids is 2. The van der Waals surface area contributed by atoms with Crippen molar-refractivity contribution in [1.82, 2.24) is 15.0 Å². The average Bonchev–Trinajstić information content (AvgIpc) is 2.90. The van der Waals surface area contributed by atoms with Gasteiger partial charge >= 0.3 is 0 Å². The molecule has 38 heavy (non-hydrogen) atoms. The normalized spacial score (nSPS) is 17.6. The fourth-order valence-corrected chi connectivity index (χ4v) is 4.97. The highest BCUT2D eigenvalue weighted by molar-refractivity contribution is 7.92. The number of sulfone groups is 1. The number of nitrogens with one attached hydrogen (secondary N) is 1. The molecular formula is C26H28FN3O7S. The van der Waals surface area contributed by atoms with E-state index in [1.807, 2.05) is 0 Å². The number of aldehydes is 1. The molecule has 1 aliphatic rings. The first-order valence-corrected chi connectivity index (χ1v) is 13.9. The standard InChI is InChI=1S/C26H28FN3O7S/c1-26(38(2,34)35,25(33)29-37-23-5-3-4-12-36-23)10-11-30-16-28-22-14-18(8-9-20(22)24(30)32)17-6-7-19(15-31)21(27)13-17/h6-9,13-16,23H,3-5,10-12H2,1-2H3,(H,29,33)/t23?,26-/m1/s1. The van der Waals surface area contributed by atoms with Crippen molar-refractivity contribution in [2.75, 3.05) is 12.9 Å². The van der Waals surface area contributed by atoms with Crippen LogP contribution in [0.2, 0.25) is 0 Å². The number of aromatic nitrogens is 2. The van der Waals surface area contributed by atoms with E-state index < -0.39 is 38.2 Å². The molecule has 4 rings (SSSR count). The third-order valence-electron chi connectivity index (χ3n) is 6.84. The Morgan fingerprint density at radius 3 is 2.66 bits per heavy atom. The number of hydrogen-bond acceptors (Lipinski definition) is 8. The van der Waals surface area contributed by atoms with Crippen molar-refractivity contribution < 1.29 is 32.0 Å². The number of benzene rings is 2. The second-order valence-electron chi connectivity index (χ2n) is 9.43. The quantitative estimate of drug-likeness (QED) is 0.321. The summed E-state index contributed by atoms with van der Waals surface area (Å²) in [6.07, 6.45) is 4.14. The Balaban J connectivity index is 1.54. The van der Waals surface area contributed by atoms with E-state index in [2.05, 4.69) is 10.5 Å². The molecule has 0 radical (unpaired) electrons. The molecule has 10 nitrogen and oxygen atoms in total. The van der Waals surface area contributed by atoms with E-state index in [4.69, 9.17) is 9.57 Å². The third-order valence-corrected chi connectivity index (χ3v) is 8.86. The molecule has 1 fully saturated rings. The summed E-state index contributed by atoms with van der Waals surface area (Å²) >= 11 is 0. The minimum atomic E-state index is -3.91. The number of carbonyl (C=O) groups is 2. The predicted molar refractivity (Wildman–Crippen MR) is 137 cm³/mol. The fraction of sp³-hybridized carbons (Fsp3) is 0.385. The van der Waals surface area contributed by atoms with Crippen molar-refractivity contribution in [1.29, 1.82) is 0 Å². The number of rotatable bonds is 9. The van der Waals surface area contributed by atoms with Crippen LogP contribution in [-0.2, 0) is 30.8 Å². The van der Waals surface area contributed by atoms with Crippen LogP contribution < -0.4 is 11.0 Å². The molecule has 202 valence electrons. The Morgan fingerprint density at radius 2 is 2.00 bits per heavy atom. The maximum Gasteiger partial charge on any atom is 0.264 e. The lowest BCUT2D eigenvalue weighted by molar-refractivity contribution is -0.201. The molecule has 0 saturated carbocycles. The molecule has 1 N–H and O–H groups in total. The molecule has 1 amide bonds. The predicted octanol–water partition coefficient (Wildman–Crippen LogP) is 2.78. The summed E-state index contributed by atoms with van der Waals surface area (Å²) in [5.41, 5.74) is 3.21. The van der Waals surface area contributed by atoms with E-state index in [-0.39, 0.29) is 23.9 Å². The molecule has 2 aromatic carbocycles. The average molecular weight is 546 g/mol. The van der Waals surface area contributed by atoms with E-state index in [1.165, 1.54) is 30.0 Å². The van der Waals surface area contributed by atoms with E-state index in [0.717, 1.165) is 19.1 Å². The van der Waals surface area contributed by atoms with Gasteiger partial charge in [0.2, 0.25) is 0 Å². The molecule has 0 aliphatic carbocycles. The molecule has 0 bridgehead atoms. The van der Waals surface area contributed by atoms with Crippen LogP contribution >= 0.6 is 0 Å². The largest absolute Gasteiger partial charge is 0.350 e. The number of nitrogens with zero attached hydrogens (tertiary/aromatic N) is 2. The van der Waals surface area contributed by atoms with Gasteiger partial charge in [0.1, 0.15) is 5.82 Å². The van der Waals surface area contributed by atoms with E-state index in [1.54, 1.807) is 24.3 Å². The number of fused-ring (bicyclic) bond motifs is 1. The van der Waals surface area contributed by atoms with Gasteiger partial charge in [-0.3, -0.25) is 19.0 Å². The maximum absolute atomic E-state index is 14.0. The summed E-state index contributed by atoms with van der Waals surface area (Å²) in [7, 11) is -3.91. The van der Waals surface area contributed by atoms with Crippen molar-refractivity contribution in [3.63, 3.8) is 0 Å². The van der Waals surface area contributed by atoms with Gasteiger partial charge in [-0.05, 0) is 61.6 Å². The van der Waals surface area contributed by atoms with Crippen LogP contribution in [0.1, 0.15) is 43.0 Å². The zero-order valence-corrected chi connectivity index (χ0v) is 21.8. The monoisotopic (exact) mass is 545 g/mol. The Bertz CT molecular complexity index is 1530. The van der Waals surface area contributed by atoms with Gasteiger partial charge in [-0.1, -0.05) is 12.1 Å². The molecule has 1 saturated heterocycles. The maximum atomic E-state index is 14.0. The molecular weight excluding hydrogens is 517 g/mol. The summed E-state index contributed by atoms with van der Waals surface area (Å²) in [4.78, 5) is 46.5. The Labute approximate surface area is 218 Å². The molecule has 0 spiro atoms. The van der Waals surface area contributed by atoms with Gasteiger partial charge in [0.05, 0.1) is 22.8 Å². The number of aryl methyl sites for hydroxylation is 1. The van der Waals surface area contributed by atoms with Crippen LogP contribution in [-0.4, -0.2) is 54.1 Å². The third kappa shape index (κ3) is 5.66. The van der Waals surface area contributed by atoms with Crippen LogP contribution in [0.4, 0.5) is 4.39 Å². The van der Waals surface area contributed by atoms with Gasteiger partial charge in [0.15, 0.2) is 27.2 Å². The van der Waals surface area contributed by atoms with Gasteiger partial charge in [0, 0.05) is 25.8 Å². The van der Waals surface area contributed by atoms with E-state index in [0.29, 0.717) is 36.0 Å². The van der Waals surface area contributed by atoms with Crippen molar-refractivity contribution in [2.45, 2.75) is 50.2 Å². The summed E-state index contributed by atoms with van der Waals surface area (Å²) in [6, 6.07) is 8.99. The zero-order chi connectivity index (χ0) is 27.5. The van der Waals surface area contributed by atoms with Gasteiger partial charge in [0.25, 0.3) is 11.5 Å². The molecule has 1 aliphatic heterocycles. The number of halogens is 1.